The van der Waals surface area contributed by atoms with Crippen LogP contribution < -0.4 is 5.32 Å². The summed E-state index contributed by atoms with van der Waals surface area (Å²) < 4.78 is 5.61. The zero-order chi connectivity index (χ0) is 19.2. The Bertz CT molecular complexity index is 771. The number of anilines is 1. The zero-order valence-electron chi connectivity index (χ0n) is 16.1. The summed E-state index contributed by atoms with van der Waals surface area (Å²) >= 11 is 0. The summed E-state index contributed by atoms with van der Waals surface area (Å²) in [6, 6.07) is 12.2. The molecule has 1 unspecified atom stereocenters. The molecule has 0 radical (unpaired) electrons. The van der Waals surface area contributed by atoms with Crippen LogP contribution in [-0.2, 0) is 11.3 Å². The Kier molecular flexibility index (Phi) is 6.14. The largest absolute Gasteiger partial charge is 0.376 e. The molecule has 148 valence electrons. The zero-order valence-corrected chi connectivity index (χ0v) is 16.1. The van der Waals surface area contributed by atoms with Gasteiger partial charge in [-0.2, -0.15) is 0 Å². The highest BCUT2D eigenvalue weighted by Gasteiger charge is 2.23. The van der Waals surface area contributed by atoms with Crippen LogP contribution in [0.2, 0.25) is 0 Å². The van der Waals surface area contributed by atoms with Crippen molar-refractivity contribution >= 4 is 11.7 Å². The number of benzene rings is 1. The van der Waals surface area contributed by atoms with Crippen LogP contribution in [-0.4, -0.2) is 71.1 Å². The molecule has 7 heteroatoms. The first-order valence-corrected chi connectivity index (χ1v) is 10.0. The number of piperazine rings is 1. The average molecular weight is 381 g/mol. The average Bonchev–Trinajstić information content (AvgIpc) is 3.27. The third kappa shape index (κ3) is 4.85. The summed E-state index contributed by atoms with van der Waals surface area (Å²) in [7, 11) is 0. The maximum atomic E-state index is 12.8. The number of carbonyl (C=O) groups excluding carboxylic acids is 1. The Balaban J connectivity index is 1.29. The summed E-state index contributed by atoms with van der Waals surface area (Å²) in [6.07, 6.45) is 3.86. The molecule has 1 aromatic heterocycles. The van der Waals surface area contributed by atoms with Crippen LogP contribution in [0.4, 0.5) is 5.82 Å². The van der Waals surface area contributed by atoms with Crippen LogP contribution in [0.15, 0.2) is 42.7 Å². The monoisotopic (exact) mass is 381 g/mol. The molecule has 1 N–H and O–H groups in total. The lowest BCUT2D eigenvalue weighted by Crippen LogP contribution is -2.48. The fraction of sp³-hybridized carbons (Fsp3) is 0.476. The van der Waals surface area contributed by atoms with Gasteiger partial charge in [-0.15, -0.1) is 0 Å². The molecule has 1 amide bonds. The number of nitrogens with one attached hydrogen (secondary N) is 1. The molecule has 0 spiro atoms. The first-order chi connectivity index (χ1) is 13.8. The van der Waals surface area contributed by atoms with Gasteiger partial charge in [0.2, 0.25) is 0 Å². The molecule has 2 aromatic rings. The van der Waals surface area contributed by atoms with Crippen LogP contribution in [0, 0.1) is 0 Å². The van der Waals surface area contributed by atoms with Crippen LogP contribution in [0.3, 0.4) is 0 Å². The van der Waals surface area contributed by atoms with Gasteiger partial charge in [-0.3, -0.25) is 9.69 Å². The van der Waals surface area contributed by atoms with E-state index < -0.39 is 0 Å². The van der Waals surface area contributed by atoms with Crippen molar-refractivity contribution in [1.29, 1.82) is 0 Å². The number of aromatic nitrogens is 2. The van der Waals surface area contributed by atoms with Gasteiger partial charge in [0.1, 0.15) is 17.8 Å². The van der Waals surface area contributed by atoms with Crippen molar-refractivity contribution < 1.29 is 9.53 Å². The van der Waals surface area contributed by atoms with Gasteiger partial charge >= 0.3 is 0 Å². The second-order valence-electron chi connectivity index (χ2n) is 7.36. The van der Waals surface area contributed by atoms with E-state index in [2.05, 4.69) is 44.5 Å². The molecule has 1 aromatic carbocycles. The number of amides is 1. The van der Waals surface area contributed by atoms with Gasteiger partial charge in [0, 0.05) is 51.9 Å². The molecule has 2 aliphatic heterocycles. The number of hydrogen-bond donors (Lipinski definition) is 1. The number of carbonyl (C=O) groups is 1. The summed E-state index contributed by atoms with van der Waals surface area (Å²) in [5, 5.41) is 3.26. The standard InChI is InChI=1S/C21H27N5O2/c27-21(19-13-20(24-16-23-19)22-14-18-7-4-12-28-18)26-10-8-25(9-11-26)15-17-5-2-1-3-6-17/h1-3,5-6,13,16,18H,4,7-12,14-15H2,(H,22,23,24). The summed E-state index contributed by atoms with van der Waals surface area (Å²) in [4.78, 5) is 25.5. The highest BCUT2D eigenvalue weighted by Crippen LogP contribution is 2.15. The van der Waals surface area contributed by atoms with E-state index in [9.17, 15) is 4.79 Å². The molecule has 2 saturated heterocycles. The van der Waals surface area contributed by atoms with Crippen molar-refractivity contribution in [2.75, 3.05) is 44.6 Å². The number of nitrogens with zero attached hydrogens (tertiary/aromatic N) is 4. The van der Waals surface area contributed by atoms with Gasteiger partial charge in [0.15, 0.2) is 0 Å². The van der Waals surface area contributed by atoms with Crippen molar-refractivity contribution in [1.82, 2.24) is 19.8 Å². The maximum absolute atomic E-state index is 12.8. The van der Waals surface area contributed by atoms with E-state index >= 15 is 0 Å². The molecule has 0 aliphatic carbocycles. The Labute approximate surface area is 165 Å². The van der Waals surface area contributed by atoms with Gasteiger partial charge in [-0.25, -0.2) is 9.97 Å². The summed E-state index contributed by atoms with van der Waals surface area (Å²) in [6.45, 7) is 5.64. The molecule has 3 heterocycles. The van der Waals surface area contributed by atoms with Gasteiger partial charge in [-0.05, 0) is 18.4 Å². The lowest BCUT2D eigenvalue weighted by molar-refractivity contribution is 0.0622. The Morgan fingerprint density at radius 3 is 2.71 bits per heavy atom. The van der Waals surface area contributed by atoms with Gasteiger partial charge < -0.3 is 15.0 Å². The van der Waals surface area contributed by atoms with Gasteiger partial charge in [-0.1, -0.05) is 30.3 Å². The molecule has 7 nitrogen and oxygen atoms in total. The lowest BCUT2D eigenvalue weighted by Gasteiger charge is -2.34. The van der Waals surface area contributed by atoms with Crippen LogP contribution in [0.5, 0.6) is 0 Å². The Morgan fingerprint density at radius 1 is 1.14 bits per heavy atom. The molecular formula is C21H27N5O2. The predicted octanol–water partition coefficient (Wildman–Crippen LogP) is 2.03. The first-order valence-electron chi connectivity index (χ1n) is 10.0. The molecule has 1 atom stereocenters. The number of rotatable bonds is 6. The van der Waals surface area contributed by atoms with Crippen molar-refractivity contribution in [2.24, 2.45) is 0 Å². The highest BCUT2D eigenvalue weighted by molar-refractivity contribution is 5.93. The third-order valence-corrected chi connectivity index (χ3v) is 5.33. The molecule has 0 bridgehead atoms. The smallest absolute Gasteiger partial charge is 0.272 e. The number of hydrogen-bond acceptors (Lipinski definition) is 6. The minimum absolute atomic E-state index is 0.0260. The van der Waals surface area contributed by atoms with Crippen LogP contribution >= 0.6 is 0 Å². The molecule has 0 saturated carbocycles. The molecule has 2 aliphatic rings. The van der Waals surface area contributed by atoms with Crippen LogP contribution in [0.25, 0.3) is 0 Å². The second-order valence-corrected chi connectivity index (χ2v) is 7.36. The van der Waals surface area contributed by atoms with E-state index in [0.717, 1.165) is 39.1 Å². The van der Waals surface area contributed by atoms with E-state index in [-0.39, 0.29) is 12.0 Å². The molecule has 2 fully saturated rings. The summed E-state index contributed by atoms with van der Waals surface area (Å²) in [5.74, 6) is 0.651. The minimum Gasteiger partial charge on any atom is -0.376 e. The molecular weight excluding hydrogens is 354 g/mol. The molecule has 4 rings (SSSR count). The lowest BCUT2D eigenvalue weighted by atomic mass is 10.2. The first kappa shape index (κ1) is 18.8. The fourth-order valence-corrected chi connectivity index (χ4v) is 3.71. The Hall–Kier alpha value is -2.51. The van der Waals surface area contributed by atoms with Gasteiger partial charge in [0.05, 0.1) is 6.10 Å². The quantitative estimate of drug-likeness (QED) is 0.826. The van der Waals surface area contributed by atoms with Crippen molar-refractivity contribution in [2.45, 2.75) is 25.5 Å². The predicted molar refractivity (Wildman–Crippen MR) is 107 cm³/mol. The van der Waals surface area contributed by atoms with E-state index in [4.69, 9.17) is 4.74 Å². The maximum Gasteiger partial charge on any atom is 0.272 e. The SMILES string of the molecule is O=C(c1cc(NCC2CCCO2)ncn1)N1CCN(Cc2ccccc2)CC1. The fourth-order valence-electron chi connectivity index (χ4n) is 3.71. The normalized spacial score (nSPS) is 20.3. The third-order valence-electron chi connectivity index (χ3n) is 5.33. The number of ether oxygens (including phenoxy) is 1. The summed E-state index contributed by atoms with van der Waals surface area (Å²) in [5.41, 5.74) is 1.75. The highest BCUT2D eigenvalue weighted by atomic mass is 16.5. The van der Waals surface area contributed by atoms with Crippen molar-refractivity contribution in [3.8, 4) is 0 Å². The van der Waals surface area contributed by atoms with Crippen molar-refractivity contribution in [3.05, 3.63) is 54.0 Å². The van der Waals surface area contributed by atoms with Crippen molar-refractivity contribution in [3.63, 3.8) is 0 Å². The van der Waals surface area contributed by atoms with E-state index in [1.54, 1.807) is 6.07 Å². The van der Waals surface area contributed by atoms with E-state index in [0.29, 0.717) is 31.1 Å². The second kappa shape index (κ2) is 9.12. The van der Waals surface area contributed by atoms with E-state index in [1.165, 1.54) is 11.9 Å². The van der Waals surface area contributed by atoms with Gasteiger partial charge in [0.25, 0.3) is 5.91 Å². The minimum atomic E-state index is -0.0260. The topological polar surface area (TPSA) is 70.6 Å². The Morgan fingerprint density at radius 2 is 1.96 bits per heavy atom. The molecule has 28 heavy (non-hydrogen) atoms. The van der Waals surface area contributed by atoms with E-state index in [1.807, 2.05) is 11.0 Å². The van der Waals surface area contributed by atoms with Crippen LogP contribution in [0.1, 0.15) is 28.9 Å².